The molecule has 0 saturated heterocycles. The van der Waals surface area contributed by atoms with Crippen LogP contribution in [0.1, 0.15) is 12.8 Å². The molecule has 1 atom stereocenters. The maximum Gasteiger partial charge on any atom is 0.218 e. The molecule has 1 unspecified atom stereocenters. The van der Waals surface area contributed by atoms with Crippen LogP contribution in [-0.4, -0.2) is 23.7 Å². The van der Waals surface area contributed by atoms with E-state index in [1.165, 1.54) is 0 Å². The number of hydrogen-bond donors (Lipinski definition) is 3. The highest BCUT2D eigenvalue weighted by atomic mass is 16.3. The van der Waals surface area contributed by atoms with E-state index in [0.717, 1.165) is 0 Å². The van der Waals surface area contributed by atoms with Gasteiger partial charge in [-0.15, -0.1) is 0 Å². The topological polar surface area (TPSA) is 89.3 Å². The van der Waals surface area contributed by atoms with Crippen molar-refractivity contribution in [3.8, 4) is 0 Å². The van der Waals surface area contributed by atoms with Crippen LogP contribution in [0, 0.1) is 0 Å². The first-order valence-electron chi connectivity index (χ1n) is 2.81. The third-order valence-corrected chi connectivity index (χ3v) is 0.963. The maximum absolute atomic E-state index is 10.1. The summed E-state index contributed by atoms with van der Waals surface area (Å²) in [5.74, 6) is -0.420. The molecule has 0 heterocycles. The van der Waals surface area contributed by atoms with E-state index in [1.807, 2.05) is 0 Å². The Hall–Kier alpha value is -0.610. The number of rotatable bonds is 4. The molecule has 54 valence electrons. The Morgan fingerprint density at radius 2 is 2.22 bits per heavy atom. The van der Waals surface area contributed by atoms with Gasteiger partial charge in [0.2, 0.25) is 5.91 Å². The Balaban J connectivity index is 3.26. The lowest BCUT2D eigenvalue weighted by molar-refractivity contribution is -0.118. The zero-order valence-electron chi connectivity index (χ0n) is 5.21. The molecule has 0 aliphatic heterocycles. The van der Waals surface area contributed by atoms with Crippen LogP contribution in [0.3, 0.4) is 0 Å². The number of carbonyl (C=O) groups excluding carboxylic acids is 1. The number of aliphatic hydroxyl groups is 1. The van der Waals surface area contributed by atoms with Gasteiger partial charge in [0.05, 0.1) is 0 Å². The monoisotopic (exact) mass is 132 g/mol. The number of hydrogen-bond acceptors (Lipinski definition) is 3. The van der Waals surface area contributed by atoms with Crippen LogP contribution in [0.2, 0.25) is 0 Å². The van der Waals surface area contributed by atoms with E-state index < -0.39 is 5.91 Å². The van der Waals surface area contributed by atoms with Crippen LogP contribution in [-0.2, 0) is 4.79 Å². The maximum atomic E-state index is 10.1. The highest BCUT2D eigenvalue weighted by molar-refractivity contribution is 5.74. The van der Waals surface area contributed by atoms with Crippen LogP contribution in [0.4, 0.5) is 0 Å². The zero-order valence-corrected chi connectivity index (χ0v) is 5.21. The molecular weight excluding hydrogens is 120 g/mol. The van der Waals surface area contributed by atoms with E-state index in [0.29, 0.717) is 6.42 Å². The summed E-state index contributed by atoms with van der Waals surface area (Å²) in [6.07, 6.45) is 0.587. The highest BCUT2D eigenvalue weighted by Crippen LogP contribution is 1.90. The smallest absolute Gasteiger partial charge is 0.218 e. The van der Waals surface area contributed by atoms with Gasteiger partial charge in [0.15, 0.2) is 0 Å². The van der Waals surface area contributed by atoms with Crippen molar-refractivity contribution in [1.82, 2.24) is 0 Å². The number of carbonyl (C=O) groups is 1. The van der Waals surface area contributed by atoms with Crippen molar-refractivity contribution in [2.45, 2.75) is 18.9 Å². The van der Waals surface area contributed by atoms with Gasteiger partial charge in [-0.25, -0.2) is 0 Å². The van der Waals surface area contributed by atoms with Gasteiger partial charge >= 0.3 is 0 Å². The van der Waals surface area contributed by atoms with E-state index in [9.17, 15) is 4.79 Å². The summed E-state index contributed by atoms with van der Waals surface area (Å²) in [5.41, 5.74) is 10.1. The van der Waals surface area contributed by atoms with Crippen LogP contribution >= 0.6 is 0 Å². The predicted molar refractivity (Wildman–Crippen MR) is 33.5 cm³/mol. The van der Waals surface area contributed by atoms with Crippen molar-refractivity contribution in [3.05, 3.63) is 0 Å². The Kier molecular flexibility index (Phi) is 4.00. The number of primary amides is 1. The third-order valence-electron chi connectivity index (χ3n) is 0.963. The fourth-order valence-electron chi connectivity index (χ4n) is 0.526. The minimum atomic E-state index is -0.420. The van der Waals surface area contributed by atoms with Gasteiger partial charge in [0.25, 0.3) is 0 Å². The summed E-state index contributed by atoms with van der Waals surface area (Å²) in [7, 11) is 0. The molecule has 0 aromatic rings. The first kappa shape index (κ1) is 8.39. The van der Waals surface area contributed by atoms with Gasteiger partial charge in [-0.05, 0) is 6.42 Å². The molecule has 0 spiro atoms. The van der Waals surface area contributed by atoms with E-state index in [-0.39, 0.29) is 19.1 Å². The number of nitrogens with two attached hydrogens (primary N) is 2. The van der Waals surface area contributed by atoms with Gasteiger partial charge in [0, 0.05) is 19.1 Å². The molecule has 0 aromatic carbocycles. The summed E-state index contributed by atoms with van der Waals surface area (Å²) in [4.78, 5) is 10.1. The van der Waals surface area contributed by atoms with Gasteiger partial charge in [-0.2, -0.15) is 0 Å². The number of amides is 1. The first-order valence-corrected chi connectivity index (χ1v) is 2.81. The van der Waals surface area contributed by atoms with Crippen molar-refractivity contribution < 1.29 is 9.90 Å². The minimum Gasteiger partial charge on any atom is -0.396 e. The molecule has 1 amide bonds. The van der Waals surface area contributed by atoms with Crippen molar-refractivity contribution in [2.75, 3.05) is 6.61 Å². The molecule has 5 N–H and O–H groups in total. The van der Waals surface area contributed by atoms with Crippen LogP contribution in [0.25, 0.3) is 0 Å². The Bertz CT molecular complexity index is 95.0. The SMILES string of the molecule is NC(=O)CC(N)CCO. The largest absolute Gasteiger partial charge is 0.396 e. The van der Waals surface area contributed by atoms with Crippen molar-refractivity contribution in [1.29, 1.82) is 0 Å². The summed E-state index contributed by atoms with van der Waals surface area (Å²) >= 11 is 0. The second-order valence-electron chi connectivity index (χ2n) is 1.94. The average Bonchev–Trinajstić information content (AvgIpc) is 1.63. The van der Waals surface area contributed by atoms with Crippen molar-refractivity contribution in [3.63, 3.8) is 0 Å². The fourth-order valence-corrected chi connectivity index (χ4v) is 0.526. The predicted octanol–water partition coefficient (Wildman–Crippen LogP) is -1.43. The van der Waals surface area contributed by atoms with E-state index in [4.69, 9.17) is 16.6 Å². The van der Waals surface area contributed by atoms with Crippen LogP contribution < -0.4 is 11.5 Å². The molecule has 4 heteroatoms. The summed E-state index contributed by atoms with van der Waals surface area (Å²) in [6.45, 7) is 0.00838. The van der Waals surface area contributed by atoms with Crippen molar-refractivity contribution in [2.24, 2.45) is 11.5 Å². The minimum absolute atomic E-state index is 0.00838. The molecule has 9 heavy (non-hydrogen) atoms. The van der Waals surface area contributed by atoms with Gasteiger partial charge in [-0.3, -0.25) is 4.79 Å². The van der Waals surface area contributed by atoms with Gasteiger partial charge < -0.3 is 16.6 Å². The summed E-state index contributed by atoms with van der Waals surface area (Å²) in [5, 5.41) is 8.32. The van der Waals surface area contributed by atoms with Gasteiger partial charge in [-0.1, -0.05) is 0 Å². The zero-order chi connectivity index (χ0) is 7.28. The standard InChI is InChI=1S/C5H12N2O2/c6-4(1-2-8)3-5(7)9/h4,8H,1-3,6H2,(H2,7,9). The Morgan fingerprint density at radius 3 is 2.56 bits per heavy atom. The Labute approximate surface area is 53.8 Å². The second-order valence-corrected chi connectivity index (χ2v) is 1.94. The van der Waals surface area contributed by atoms with E-state index in [1.54, 1.807) is 0 Å². The lowest BCUT2D eigenvalue weighted by Gasteiger charge is -2.04. The molecular formula is C5H12N2O2. The molecule has 0 rings (SSSR count). The lowest BCUT2D eigenvalue weighted by Crippen LogP contribution is -2.28. The first-order chi connectivity index (χ1) is 4.16. The fraction of sp³-hybridized carbons (Fsp3) is 0.800. The lowest BCUT2D eigenvalue weighted by atomic mass is 10.1. The quantitative estimate of drug-likeness (QED) is 0.438. The summed E-state index contributed by atoms with van der Waals surface area (Å²) in [6, 6.07) is -0.285. The highest BCUT2D eigenvalue weighted by Gasteiger charge is 2.03. The molecule has 0 aliphatic rings. The van der Waals surface area contributed by atoms with Crippen LogP contribution in [0.15, 0.2) is 0 Å². The average molecular weight is 132 g/mol. The molecule has 0 aliphatic carbocycles. The molecule has 0 fully saturated rings. The van der Waals surface area contributed by atoms with Gasteiger partial charge in [0.1, 0.15) is 0 Å². The number of aliphatic hydroxyl groups excluding tert-OH is 1. The Morgan fingerprint density at radius 1 is 1.67 bits per heavy atom. The molecule has 0 bridgehead atoms. The molecule has 0 aromatic heterocycles. The normalized spacial score (nSPS) is 13.1. The van der Waals surface area contributed by atoms with Crippen LogP contribution in [0.5, 0.6) is 0 Å². The van der Waals surface area contributed by atoms with E-state index >= 15 is 0 Å². The molecule has 0 radical (unpaired) electrons. The summed E-state index contributed by atoms with van der Waals surface area (Å²) < 4.78 is 0. The van der Waals surface area contributed by atoms with Crippen molar-refractivity contribution >= 4 is 5.91 Å². The third kappa shape index (κ3) is 5.26. The van der Waals surface area contributed by atoms with E-state index in [2.05, 4.69) is 0 Å². The molecule has 4 nitrogen and oxygen atoms in total. The second kappa shape index (κ2) is 4.29. The molecule has 0 saturated carbocycles.